The molecule has 0 atom stereocenters. The van der Waals surface area contributed by atoms with Crippen LogP contribution in [0.5, 0.6) is 0 Å². The van der Waals surface area contributed by atoms with Crippen molar-refractivity contribution in [1.29, 1.82) is 0 Å². The number of carbonyl (C=O) groups excluding carboxylic acids is 1. The number of nitrogens with one attached hydrogen (secondary N) is 1. The lowest BCUT2D eigenvalue weighted by Crippen LogP contribution is -2.17. The van der Waals surface area contributed by atoms with E-state index in [1.807, 2.05) is 49.4 Å². The SMILES string of the molecule is CCc1nc(N)sc1C(=O)NN=Cc1cccc2ccccc12. The molecule has 1 amide bonds. The zero-order valence-electron chi connectivity index (χ0n) is 12.6. The molecule has 1 heterocycles. The predicted octanol–water partition coefficient (Wildman–Crippen LogP) is 3.20. The van der Waals surface area contributed by atoms with Crippen molar-refractivity contribution in [2.75, 3.05) is 5.73 Å². The molecule has 23 heavy (non-hydrogen) atoms. The van der Waals surface area contributed by atoms with Gasteiger partial charge in [0.1, 0.15) is 4.88 Å². The number of carbonyl (C=O) groups is 1. The van der Waals surface area contributed by atoms with E-state index in [2.05, 4.69) is 15.5 Å². The molecule has 5 nitrogen and oxygen atoms in total. The van der Waals surface area contributed by atoms with Gasteiger partial charge in [0.05, 0.1) is 11.9 Å². The van der Waals surface area contributed by atoms with E-state index in [1.54, 1.807) is 6.21 Å². The Morgan fingerprint density at radius 2 is 2.09 bits per heavy atom. The van der Waals surface area contributed by atoms with Gasteiger partial charge >= 0.3 is 0 Å². The lowest BCUT2D eigenvalue weighted by Gasteiger charge is -2.02. The first-order valence-electron chi connectivity index (χ1n) is 7.25. The fraction of sp³-hybridized carbons (Fsp3) is 0.118. The zero-order valence-corrected chi connectivity index (χ0v) is 13.4. The monoisotopic (exact) mass is 324 g/mol. The third-order valence-corrected chi connectivity index (χ3v) is 4.37. The van der Waals surface area contributed by atoms with Crippen LogP contribution in [-0.4, -0.2) is 17.1 Å². The molecule has 3 rings (SSSR count). The van der Waals surface area contributed by atoms with Gasteiger partial charge in [0.15, 0.2) is 5.13 Å². The number of thiazole rings is 1. The van der Waals surface area contributed by atoms with E-state index in [9.17, 15) is 4.79 Å². The molecule has 3 aromatic rings. The molecule has 0 spiro atoms. The molecule has 0 radical (unpaired) electrons. The van der Waals surface area contributed by atoms with Gasteiger partial charge in [-0.25, -0.2) is 10.4 Å². The Morgan fingerprint density at radius 3 is 2.91 bits per heavy atom. The van der Waals surface area contributed by atoms with Gasteiger partial charge in [0, 0.05) is 5.56 Å². The maximum absolute atomic E-state index is 12.2. The van der Waals surface area contributed by atoms with Gasteiger partial charge in [-0.3, -0.25) is 4.79 Å². The predicted molar refractivity (Wildman–Crippen MR) is 94.9 cm³/mol. The molecule has 0 saturated heterocycles. The smallest absolute Gasteiger partial charge is 0.283 e. The second kappa shape index (κ2) is 6.58. The number of fused-ring (bicyclic) bond motifs is 1. The highest BCUT2D eigenvalue weighted by Gasteiger charge is 2.15. The first-order valence-corrected chi connectivity index (χ1v) is 8.07. The second-order valence-electron chi connectivity index (χ2n) is 4.95. The first kappa shape index (κ1) is 15.2. The number of aryl methyl sites for hydroxylation is 1. The summed E-state index contributed by atoms with van der Waals surface area (Å²) in [6.45, 7) is 1.94. The van der Waals surface area contributed by atoms with E-state index in [-0.39, 0.29) is 5.91 Å². The summed E-state index contributed by atoms with van der Waals surface area (Å²) in [5.74, 6) is -0.285. The molecule has 0 aliphatic carbocycles. The average Bonchev–Trinajstić information content (AvgIpc) is 2.96. The minimum Gasteiger partial charge on any atom is -0.375 e. The third-order valence-electron chi connectivity index (χ3n) is 3.45. The van der Waals surface area contributed by atoms with Crippen molar-refractivity contribution in [1.82, 2.24) is 10.4 Å². The van der Waals surface area contributed by atoms with Crippen molar-refractivity contribution in [2.24, 2.45) is 5.10 Å². The molecule has 0 aliphatic rings. The summed E-state index contributed by atoms with van der Waals surface area (Å²) in [6, 6.07) is 14.0. The van der Waals surface area contributed by atoms with E-state index in [1.165, 1.54) is 11.3 Å². The van der Waals surface area contributed by atoms with E-state index >= 15 is 0 Å². The van der Waals surface area contributed by atoms with Crippen molar-refractivity contribution in [3.8, 4) is 0 Å². The number of anilines is 1. The van der Waals surface area contributed by atoms with Crippen molar-refractivity contribution < 1.29 is 4.79 Å². The number of nitrogen functional groups attached to an aromatic ring is 1. The molecule has 0 saturated carbocycles. The molecule has 2 aromatic carbocycles. The largest absolute Gasteiger partial charge is 0.375 e. The molecular formula is C17H16N4OS. The van der Waals surface area contributed by atoms with Crippen LogP contribution in [0, 0.1) is 0 Å². The van der Waals surface area contributed by atoms with E-state index in [0.29, 0.717) is 22.1 Å². The van der Waals surface area contributed by atoms with Crippen LogP contribution in [0.4, 0.5) is 5.13 Å². The van der Waals surface area contributed by atoms with Crippen LogP contribution in [0.3, 0.4) is 0 Å². The number of hydrogen-bond donors (Lipinski definition) is 2. The number of amides is 1. The van der Waals surface area contributed by atoms with Crippen molar-refractivity contribution in [3.05, 3.63) is 58.6 Å². The number of rotatable bonds is 4. The summed E-state index contributed by atoms with van der Waals surface area (Å²) in [5.41, 5.74) is 9.86. The van der Waals surface area contributed by atoms with Crippen LogP contribution in [0.25, 0.3) is 10.8 Å². The molecular weight excluding hydrogens is 308 g/mol. The Labute approximate surface area is 137 Å². The highest BCUT2D eigenvalue weighted by atomic mass is 32.1. The lowest BCUT2D eigenvalue weighted by atomic mass is 10.1. The molecule has 116 valence electrons. The summed E-state index contributed by atoms with van der Waals surface area (Å²) in [6.07, 6.45) is 2.31. The van der Waals surface area contributed by atoms with E-state index in [4.69, 9.17) is 5.73 Å². The van der Waals surface area contributed by atoms with Crippen LogP contribution in [0.1, 0.15) is 27.9 Å². The minimum atomic E-state index is -0.285. The minimum absolute atomic E-state index is 0.285. The van der Waals surface area contributed by atoms with Crippen LogP contribution in [0.15, 0.2) is 47.6 Å². The maximum atomic E-state index is 12.2. The van der Waals surface area contributed by atoms with E-state index < -0.39 is 0 Å². The molecule has 0 aliphatic heterocycles. The summed E-state index contributed by atoms with van der Waals surface area (Å²) in [7, 11) is 0. The van der Waals surface area contributed by atoms with Gasteiger partial charge in [0.25, 0.3) is 5.91 Å². The fourth-order valence-electron chi connectivity index (χ4n) is 2.36. The maximum Gasteiger partial charge on any atom is 0.283 e. The van der Waals surface area contributed by atoms with Crippen LogP contribution in [-0.2, 0) is 6.42 Å². The molecule has 1 aromatic heterocycles. The van der Waals surface area contributed by atoms with Crippen LogP contribution >= 0.6 is 11.3 Å². The molecule has 3 N–H and O–H groups in total. The number of nitrogens with two attached hydrogens (primary N) is 1. The van der Waals surface area contributed by atoms with Crippen LogP contribution < -0.4 is 11.2 Å². The Balaban J connectivity index is 1.79. The standard InChI is InChI=1S/C17H16N4OS/c1-2-14-15(23-17(18)20-14)16(22)21-19-10-12-8-5-7-11-6-3-4-9-13(11)12/h3-10H,2H2,1H3,(H2,18,20)(H,21,22). The van der Waals surface area contributed by atoms with Crippen molar-refractivity contribution in [3.63, 3.8) is 0 Å². The fourth-order valence-corrected chi connectivity index (χ4v) is 3.17. The third kappa shape index (κ3) is 3.22. The van der Waals surface area contributed by atoms with Gasteiger partial charge in [-0.05, 0) is 17.2 Å². The number of hydrazone groups is 1. The first-order chi connectivity index (χ1) is 11.2. The lowest BCUT2D eigenvalue weighted by molar-refractivity contribution is 0.0958. The Morgan fingerprint density at radius 1 is 1.30 bits per heavy atom. The topological polar surface area (TPSA) is 80.4 Å². The highest BCUT2D eigenvalue weighted by molar-refractivity contribution is 7.17. The number of nitrogens with zero attached hydrogens (tertiary/aromatic N) is 2. The van der Waals surface area contributed by atoms with Gasteiger partial charge < -0.3 is 5.73 Å². The Kier molecular flexibility index (Phi) is 4.34. The molecule has 0 fully saturated rings. The summed E-state index contributed by atoms with van der Waals surface area (Å²) < 4.78 is 0. The Bertz CT molecular complexity index is 880. The molecule has 0 bridgehead atoms. The number of aromatic nitrogens is 1. The Hall–Kier alpha value is -2.73. The zero-order chi connectivity index (χ0) is 16.2. The van der Waals surface area contributed by atoms with Crippen molar-refractivity contribution in [2.45, 2.75) is 13.3 Å². The second-order valence-corrected chi connectivity index (χ2v) is 5.98. The van der Waals surface area contributed by atoms with Crippen LogP contribution in [0.2, 0.25) is 0 Å². The van der Waals surface area contributed by atoms with Crippen molar-refractivity contribution >= 4 is 39.4 Å². The van der Waals surface area contributed by atoms with E-state index in [0.717, 1.165) is 16.3 Å². The molecule has 0 unspecified atom stereocenters. The van der Waals surface area contributed by atoms with Gasteiger partial charge in [0.2, 0.25) is 0 Å². The van der Waals surface area contributed by atoms with Gasteiger partial charge in [-0.1, -0.05) is 60.7 Å². The van der Waals surface area contributed by atoms with Gasteiger partial charge in [-0.15, -0.1) is 0 Å². The quantitative estimate of drug-likeness (QED) is 0.571. The number of benzene rings is 2. The normalized spacial score (nSPS) is 11.2. The molecule has 6 heteroatoms. The summed E-state index contributed by atoms with van der Waals surface area (Å²) >= 11 is 1.18. The number of hydrogen-bond acceptors (Lipinski definition) is 5. The highest BCUT2D eigenvalue weighted by Crippen LogP contribution is 2.21. The summed E-state index contributed by atoms with van der Waals surface area (Å²) in [4.78, 5) is 16.8. The summed E-state index contributed by atoms with van der Waals surface area (Å²) in [5, 5.41) is 6.68. The van der Waals surface area contributed by atoms with Gasteiger partial charge in [-0.2, -0.15) is 5.10 Å². The average molecular weight is 324 g/mol.